The van der Waals surface area contributed by atoms with E-state index in [1.54, 1.807) is 14.2 Å². The lowest BCUT2D eigenvalue weighted by Gasteiger charge is -2.21. The highest BCUT2D eigenvalue weighted by Gasteiger charge is 2.19. The van der Waals surface area contributed by atoms with E-state index in [0.717, 1.165) is 23.6 Å². The fourth-order valence-corrected chi connectivity index (χ4v) is 3.71. The molecule has 0 aliphatic heterocycles. The molecule has 1 aromatic heterocycles. The first-order valence-electron chi connectivity index (χ1n) is 9.74. The third-order valence-corrected chi connectivity index (χ3v) is 5.27. The molecule has 1 N–H and O–H groups in total. The number of aromatic nitrogens is 2. The number of nitrogens with zero attached hydrogens (tertiary/aromatic N) is 2. The predicted octanol–water partition coefficient (Wildman–Crippen LogP) is 3.90. The predicted molar refractivity (Wildman–Crippen MR) is 105 cm³/mol. The lowest BCUT2D eigenvalue weighted by atomic mass is 9.89. The highest BCUT2D eigenvalue weighted by Crippen LogP contribution is 2.33. The maximum absolute atomic E-state index is 12.6. The van der Waals surface area contributed by atoms with Gasteiger partial charge in [-0.3, -0.25) is 9.48 Å². The topological polar surface area (TPSA) is 65.4 Å². The van der Waals surface area contributed by atoms with Gasteiger partial charge in [0.15, 0.2) is 5.69 Å². The van der Waals surface area contributed by atoms with Crippen LogP contribution in [0.5, 0.6) is 11.5 Å². The molecule has 1 aromatic carbocycles. The van der Waals surface area contributed by atoms with Crippen LogP contribution in [-0.4, -0.2) is 36.5 Å². The normalized spacial score (nSPS) is 14.8. The molecule has 0 radical (unpaired) electrons. The molecule has 1 fully saturated rings. The summed E-state index contributed by atoms with van der Waals surface area (Å²) in [4.78, 5) is 12.6. The lowest BCUT2D eigenvalue weighted by Crippen LogP contribution is -2.30. The maximum Gasteiger partial charge on any atom is 0.271 e. The van der Waals surface area contributed by atoms with Gasteiger partial charge in [-0.05, 0) is 43.9 Å². The van der Waals surface area contributed by atoms with Gasteiger partial charge < -0.3 is 14.8 Å². The van der Waals surface area contributed by atoms with Gasteiger partial charge in [0.2, 0.25) is 0 Å². The molecule has 1 amide bonds. The van der Waals surface area contributed by atoms with Gasteiger partial charge in [0.05, 0.1) is 19.9 Å². The maximum atomic E-state index is 12.6. The molecular weight excluding hydrogens is 342 g/mol. The van der Waals surface area contributed by atoms with Crippen molar-refractivity contribution in [2.24, 2.45) is 5.92 Å². The first-order chi connectivity index (χ1) is 13.2. The van der Waals surface area contributed by atoms with Gasteiger partial charge in [0.1, 0.15) is 11.5 Å². The number of carbonyl (C=O) groups excluding carboxylic acids is 1. The molecule has 1 aliphatic carbocycles. The molecule has 2 aromatic rings. The van der Waals surface area contributed by atoms with E-state index in [0.29, 0.717) is 23.9 Å². The Morgan fingerprint density at radius 2 is 1.96 bits per heavy atom. The van der Waals surface area contributed by atoms with Crippen molar-refractivity contribution in [2.45, 2.75) is 45.6 Å². The van der Waals surface area contributed by atoms with Crippen LogP contribution in [0.3, 0.4) is 0 Å². The molecule has 0 saturated heterocycles. The number of ether oxygens (including phenoxy) is 2. The molecule has 1 aliphatic rings. The van der Waals surface area contributed by atoms with Gasteiger partial charge >= 0.3 is 0 Å². The molecule has 0 bridgehead atoms. The summed E-state index contributed by atoms with van der Waals surface area (Å²) < 4.78 is 12.6. The SMILES string of the molecule is CCn1nc(C(=O)NCC2CCCCC2)cc1-c1ccc(OC)cc1OC. The Kier molecular flexibility index (Phi) is 6.37. The van der Waals surface area contributed by atoms with Crippen LogP contribution >= 0.6 is 0 Å². The smallest absolute Gasteiger partial charge is 0.271 e. The number of hydrogen-bond donors (Lipinski definition) is 1. The number of nitrogens with one attached hydrogen (secondary N) is 1. The molecule has 0 unspecified atom stereocenters. The third-order valence-electron chi connectivity index (χ3n) is 5.27. The van der Waals surface area contributed by atoms with E-state index < -0.39 is 0 Å². The van der Waals surface area contributed by atoms with Crippen molar-refractivity contribution in [2.75, 3.05) is 20.8 Å². The molecule has 0 spiro atoms. The minimum atomic E-state index is -0.110. The Morgan fingerprint density at radius 1 is 1.19 bits per heavy atom. The van der Waals surface area contributed by atoms with E-state index in [1.807, 2.05) is 35.9 Å². The number of amides is 1. The summed E-state index contributed by atoms with van der Waals surface area (Å²) >= 11 is 0. The number of aryl methyl sites for hydroxylation is 1. The molecule has 0 atom stereocenters. The van der Waals surface area contributed by atoms with E-state index in [9.17, 15) is 4.79 Å². The molecule has 146 valence electrons. The van der Waals surface area contributed by atoms with E-state index >= 15 is 0 Å². The van der Waals surface area contributed by atoms with Crippen LogP contribution in [0, 0.1) is 5.92 Å². The van der Waals surface area contributed by atoms with Crippen molar-refractivity contribution in [1.29, 1.82) is 0 Å². The van der Waals surface area contributed by atoms with Crippen LogP contribution in [0.15, 0.2) is 24.3 Å². The molecule has 6 heteroatoms. The second-order valence-corrected chi connectivity index (χ2v) is 7.01. The number of carbonyl (C=O) groups is 1. The number of rotatable bonds is 7. The van der Waals surface area contributed by atoms with E-state index in [1.165, 1.54) is 32.1 Å². The summed E-state index contributed by atoms with van der Waals surface area (Å²) in [7, 11) is 3.25. The average Bonchev–Trinajstić information content (AvgIpc) is 3.16. The monoisotopic (exact) mass is 371 g/mol. The quantitative estimate of drug-likeness (QED) is 0.802. The second-order valence-electron chi connectivity index (χ2n) is 7.01. The van der Waals surface area contributed by atoms with Gasteiger partial charge in [-0.1, -0.05) is 19.3 Å². The van der Waals surface area contributed by atoms with Crippen molar-refractivity contribution >= 4 is 5.91 Å². The fraction of sp³-hybridized carbons (Fsp3) is 0.524. The van der Waals surface area contributed by atoms with Crippen LogP contribution in [0.25, 0.3) is 11.3 Å². The molecule has 1 saturated carbocycles. The summed E-state index contributed by atoms with van der Waals surface area (Å²) in [6, 6.07) is 7.49. The highest BCUT2D eigenvalue weighted by molar-refractivity contribution is 5.93. The summed E-state index contributed by atoms with van der Waals surface area (Å²) in [5.41, 5.74) is 2.19. The van der Waals surface area contributed by atoms with Gasteiger partial charge in [0, 0.05) is 24.7 Å². The molecule has 6 nitrogen and oxygen atoms in total. The molecule has 1 heterocycles. The first kappa shape index (κ1) is 19.3. The zero-order valence-corrected chi connectivity index (χ0v) is 16.5. The van der Waals surface area contributed by atoms with Crippen LogP contribution in [0.2, 0.25) is 0 Å². The van der Waals surface area contributed by atoms with Gasteiger partial charge in [-0.25, -0.2) is 0 Å². The number of benzene rings is 1. The Hall–Kier alpha value is -2.50. The van der Waals surface area contributed by atoms with Crippen LogP contribution in [0.1, 0.15) is 49.5 Å². The van der Waals surface area contributed by atoms with Crippen LogP contribution in [-0.2, 0) is 6.54 Å². The van der Waals surface area contributed by atoms with Crippen molar-refractivity contribution in [3.63, 3.8) is 0 Å². The number of methoxy groups -OCH3 is 2. The lowest BCUT2D eigenvalue weighted by molar-refractivity contribution is 0.0937. The standard InChI is InChI=1S/C21H29N3O3/c1-4-24-19(17-11-10-16(26-2)12-20(17)27-3)13-18(23-24)21(25)22-14-15-8-6-5-7-9-15/h10-13,15H,4-9,14H2,1-3H3,(H,22,25). The van der Waals surface area contributed by atoms with Crippen molar-refractivity contribution in [3.05, 3.63) is 30.0 Å². The van der Waals surface area contributed by atoms with Crippen LogP contribution in [0.4, 0.5) is 0 Å². The van der Waals surface area contributed by atoms with Crippen LogP contribution < -0.4 is 14.8 Å². The zero-order valence-electron chi connectivity index (χ0n) is 16.5. The Balaban J connectivity index is 1.79. The number of hydrogen-bond acceptors (Lipinski definition) is 4. The summed E-state index contributed by atoms with van der Waals surface area (Å²) in [5.74, 6) is 1.90. The Labute approximate surface area is 160 Å². The fourth-order valence-electron chi connectivity index (χ4n) is 3.71. The zero-order chi connectivity index (χ0) is 19.2. The largest absolute Gasteiger partial charge is 0.497 e. The second kappa shape index (κ2) is 8.93. The van der Waals surface area contributed by atoms with E-state index in [2.05, 4.69) is 10.4 Å². The third kappa shape index (κ3) is 4.43. The minimum Gasteiger partial charge on any atom is -0.497 e. The summed E-state index contributed by atoms with van der Waals surface area (Å²) in [6.45, 7) is 3.41. The molecular formula is C21H29N3O3. The average molecular weight is 371 g/mol. The highest BCUT2D eigenvalue weighted by atomic mass is 16.5. The molecule has 27 heavy (non-hydrogen) atoms. The molecule has 3 rings (SSSR count). The van der Waals surface area contributed by atoms with Crippen molar-refractivity contribution < 1.29 is 14.3 Å². The van der Waals surface area contributed by atoms with E-state index in [-0.39, 0.29) is 5.91 Å². The summed E-state index contributed by atoms with van der Waals surface area (Å²) in [6.07, 6.45) is 6.27. The van der Waals surface area contributed by atoms with Gasteiger partial charge in [0.25, 0.3) is 5.91 Å². The Bertz CT molecular complexity index is 779. The van der Waals surface area contributed by atoms with Gasteiger partial charge in [-0.2, -0.15) is 5.10 Å². The van der Waals surface area contributed by atoms with Gasteiger partial charge in [-0.15, -0.1) is 0 Å². The van der Waals surface area contributed by atoms with Crippen molar-refractivity contribution in [1.82, 2.24) is 15.1 Å². The minimum absolute atomic E-state index is 0.110. The van der Waals surface area contributed by atoms with Crippen molar-refractivity contribution in [3.8, 4) is 22.8 Å². The Morgan fingerprint density at radius 3 is 2.63 bits per heavy atom. The summed E-state index contributed by atoms with van der Waals surface area (Å²) in [5, 5.41) is 7.57. The first-order valence-corrected chi connectivity index (χ1v) is 9.74. The van der Waals surface area contributed by atoms with E-state index in [4.69, 9.17) is 9.47 Å².